The highest BCUT2D eigenvalue weighted by Gasteiger charge is 2.30. The average Bonchev–Trinajstić information content (AvgIpc) is 3.01. The number of likely N-dealkylation sites (tertiary alicyclic amines) is 1. The third-order valence-corrected chi connectivity index (χ3v) is 4.66. The molecule has 1 unspecified atom stereocenters. The van der Waals surface area contributed by atoms with E-state index in [2.05, 4.69) is 55.1 Å². The summed E-state index contributed by atoms with van der Waals surface area (Å²) in [6.45, 7) is 12.5. The van der Waals surface area contributed by atoms with E-state index in [4.69, 9.17) is 4.98 Å². The highest BCUT2D eigenvalue weighted by Crippen LogP contribution is 2.28. The second-order valence-electron chi connectivity index (χ2n) is 7.71. The Morgan fingerprint density at radius 1 is 1.32 bits per heavy atom. The number of nitrogens with zero attached hydrogens (tertiary/aromatic N) is 4. The van der Waals surface area contributed by atoms with Crippen molar-refractivity contribution in [2.75, 3.05) is 6.54 Å². The fourth-order valence-corrected chi connectivity index (χ4v) is 3.77. The van der Waals surface area contributed by atoms with Gasteiger partial charge in [0.15, 0.2) is 5.65 Å². The lowest BCUT2D eigenvalue weighted by molar-refractivity contribution is 0.198. The summed E-state index contributed by atoms with van der Waals surface area (Å²) in [6, 6.07) is 5.27. The van der Waals surface area contributed by atoms with E-state index in [9.17, 15) is 0 Å². The molecule has 0 saturated carbocycles. The Balaban J connectivity index is 2.00. The van der Waals surface area contributed by atoms with Crippen LogP contribution in [0.5, 0.6) is 0 Å². The minimum Gasteiger partial charge on any atom is -0.307 e. The minimum atomic E-state index is -0.000296. The van der Waals surface area contributed by atoms with Gasteiger partial charge in [0.25, 0.3) is 0 Å². The van der Waals surface area contributed by atoms with Gasteiger partial charge in [-0.3, -0.25) is 4.90 Å². The molecule has 120 valence electrons. The van der Waals surface area contributed by atoms with E-state index in [-0.39, 0.29) is 5.54 Å². The summed E-state index contributed by atoms with van der Waals surface area (Å²) >= 11 is 0. The summed E-state index contributed by atoms with van der Waals surface area (Å²) in [6.07, 6.45) is 5.47. The number of aromatic nitrogens is 3. The Bertz CT molecular complexity index is 651. The molecule has 1 aliphatic rings. The second-order valence-corrected chi connectivity index (χ2v) is 7.71. The zero-order valence-electron chi connectivity index (χ0n) is 14.5. The molecule has 1 atom stereocenters. The van der Waals surface area contributed by atoms with Crippen LogP contribution in [-0.2, 0) is 12.0 Å². The summed E-state index contributed by atoms with van der Waals surface area (Å²) in [5, 5.41) is 0. The van der Waals surface area contributed by atoms with Crippen LogP contribution in [0.25, 0.3) is 11.2 Å². The highest BCUT2D eigenvalue weighted by atomic mass is 15.2. The van der Waals surface area contributed by atoms with E-state index in [0.29, 0.717) is 12.1 Å². The van der Waals surface area contributed by atoms with E-state index in [1.165, 1.54) is 25.2 Å². The van der Waals surface area contributed by atoms with Crippen LogP contribution in [0.15, 0.2) is 18.3 Å². The fourth-order valence-electron chi connectivity index (χ4n) is 3.77. The van der Waals surface area contributed by atoms with Crippen molar-refractivity contribution in [3.05, 3.63) is 24.2 Å². The molecule has 4 heteroatoms. The summed E-state index contributed by atoms with van der Waals surface area (Å²) in [4.78, 5) is 12.1. The summed E-state index contributed by atoms with van der Waals surface area (Å²) < 4.78 is 2.33. The fraction of sp³-hybridized carbons (Fsp3) is 0.667. The smallest absolute Gasteiger partial charge is 0.160 e. The third kappa shape index (κ3) is 2.76. The van der Waals surface area contributed by atoms with Crippen LogP contribution in [0.4, 0.5) is 0 Å². The third-order valence-electron chi connectivity index (χ3n) is 4.66. The molecule has 22 heavy (non-hydrogen) atoms. The van der Waals surface area contributed by atoms with Gasteiger partial charge in [-0.05, 0) is 66.1 Å². The Labute approximate surface area is 133 Å². The molecule has 0 aromatic carbocycles. The molecule has 0 radical (unpaired) electrons. The van der Waals surface area contributed by atoms with Crippen molar-refractivity contribution in [3.8, 4) is 0 Å². The van der Waals surface area contributed by atoms with Gasteiger partial charge < -0.3 is 4.57 Å². The lowest BCUT2D eigenvalue weighted by atomic mass is 10.1. The molecule has 0 aliphatic carbocycles. The van der Waals surface area contributed by atoms with Gasteiger partial charge in [0.2, 0.25) is 0 Å². The Morgan fingerprint density at radius 2 is 2.09 bits per heavy atom. The normalized spacial score (nSPS) is 20.4. The Morgan fingerprint density at radius 3 is 2.77 bits per heavy atom. The van der Waals surface area contributed by atoms with Crippen molar-refractivity contribution in [1.82, 2.24) is 19.4 Å². The summed E-state index contributed by atoms with van der Waals surface area (Å²) in [5.41, 5.74) is 2.03. The average molecular weight is 300 g/mol. The van der Waals surface area contributed by atoms with Crippen molar-refractivity contribution in [1.29, 1.82) is 0 Å². The molecule has 0 bridgehead atoms. The molecule has 0 spiro atoms. The van der Waals surface area contributed by atoms with Crippen molar-refractivity contribution in [2.45, 2.75) is 71.5 Å². The first-order valence-corrected chi connectivity index (χ1v) is 8.46. The van der Waals surface area contributed by atoms with Crippen LogP contribution in [-0.4, -0.2) is 38.1 Å². The van der Waals surface area contributed by atoms with Crippen molar-refractivity contribution >= 4 is 11.2 Å². The standard InChI is InChI=1S/C18H28N4/c1-13(2)21-11-7-8-14(21)12-16-20-15-9-6-10-19-17(15)22(16)18(3,4)5/h6,9-10,13-14H,7-8,11-12H2,1-5H3. The summed E-state index contributed by atoms with van der Waals surface area (Å²) in [7, 11) is 0. The maximum Gasteiger partial charge on any atom is 0.160 e. The lowest BCUT2D eigenvalue weighted by Gasteiger charge is -2.30. The molecule has 0 amide bonds. The van der Waals surface area contributed by atoms with E-state index in [1.807, 2.05) is 12.3 Å². The zero-order chi connectivity index (χ0) is 15.9. The SMILES string of the molecule is CC(C)N1CCCC1Cc1nc2cccnc2n1C(C)(C)C. The number of hydrogen-bond donors (Lipinski definition) is 0. The molecule has 0 N–H and O–H groups in total. The Hall–Kier alpha value is -1.42. The van der Waals surface area contributed by atoms with Gasteiger partial charge in [0.05, 0.1) is 0 Å². The number of rotatable bonds is 3. The van der Waals surface area contributed by atoms with E-state index < -0.39 is 0 Å². The predicted octanol–water partition coefficient (Wildman–Crippen LogP) is 3.60. The van der Waals surface area contributed by atoms with Gasteiger partial charge in [-0.2, -0.15) is 0 Å². The maximum absolute atomic E-state index is 4.91. The van der Waals surface area contributed by atoms with Crippen molar-refractivity contribution < 1.29 is 0 Å². The van der Waals surface area contributed by atoms with Crippen LogP contribution in [0.2, 0.25) is 0 Å². The molecule has 3 heterocycles. The first kappa shape index (κ1) is 15.5. The van der Waals surface area contributed by atoms with Crippen LogP contribution in [0, 0.1) is 0 Å². The first-order chi connectivity index (χ1) is 10.4. The predicted molar refractivity (Wildman–Crippen MR) is 91.1 cm³/mol. The second kappa shape index (κ2) is 5.65. The van der Waals surface area contributed by atoms with Gasteiger partial charge >= 0.3 is 0 Å². The largest absolute Gasteiger partial charge is 0.307 e. The van der Waals surface area contributed by atoms with Gasteiger partial charge in [-0.15, -0.1) is 0 Å². The quantitative estimate of drug-likeness (QED) is 0.868. The molecular formula is C18H28N4. The zero-order valence-corrected chi connectivity index (χ0v) is 14.5. The molecule has 4 nitrogen and oxygen atoms in total. The van der Waals surface area contributed by atoms with E-state index in [1.54, 1.807) is 0 Å². The van der Waals surface area contributed by atoms with E-state index >= 15 is 0 Å². The lowest BCUT2D eigenvalue weighted by Crippen LogP contribution is -2.38. The van der Waals surface area contributed by atoms with Crippen molar-refractivity contribution in [2.24, 2.45) is 0 Å². The van der Waals surface area contributed by atoms with Gasteiger partial charge in [0, 0.05) is 30.2 Å². The highest BCUT2D eigenvalue weighted by molar-refractivity contribution is 5.71. The van der Waals surface area contributed by atoms with E-state index in [0.717, 1.165) is 17.6 Å². The molecule has 3 rings (SSSR count). The van der Waals surface area contributed by atoms with Gasteiger partial charge in [-0.25, -0.2) is 9.97 Å². The van der Waals surface area contributed by atoms with Crippen LogP contribution in [0.3, 0.4) is 0 Å². The summed E-state index contributed by atoms with van der Waals surface area (Å²) in [5.74, 6) is 1.18. The molecule has 1 aliphatic heterocycles. The monoisotopic (exact) mass is 300 g/mol. The van der Waals surface area contributed by atoms with Crippen molar-refractivity contribution in [3.63, 3.8) is 0 Å². The maximum atomic E-state index is 4.91. The van der Waals surface area contributed by atoms with Crippen LogP contribution >= 0.6 is 0 Å². The molecular weight excluding hydrogens is 272 g/mol. The van der Waals surface area contributed by atoms with Gasteiger partial charge in [0.1, 0.15) is 11.3 Å². The molecule has 1 fully saturated rings. The number of pyridine rings is 1. The molecule has 2 aromatic rings. The van der Waals surface area contributed by atoms with Gasteiger partial charge in [-0.1, -0.05) is 0 Å². The number of imidazole rings is 1. The molecule has 1 saturated heterocycles. The topological polar surface area (TPSA) is 34.0 Å². The number of hydrogen-bond acceptors (Lipinski definition) is 3. The first-order valence-electron chi connectivity index (χ1n) is 8.46. The number of fused-ring (bicyclic) bond motifs is 1. The minimum absolute atomic E-state index is 0.000296. The Kier molecular flexibility index (Phi) is 3.98. The molecule has 2 aromatic heterocycles. The van der Waals surface area contributed by atoms with Crippen LogP contribution < -0.4 is 0 Å². The van der Waals surface area contributed by atoms with Crippen LogP contribution in [0.1, 0.15) is 53.3 Å².